The third-order valence-corrected chi connectivity index (χ3v) is 4.97. The Labute approximate surface area is 151 Å². The van der Waals surface area contributed by atoms with Crippen LogP contribution in [0.1, 0.15) is 10.6 Å². The highest BCUT2D eigenvalue weighted by molar-refractivity contribution is 7.89. The van der Waals surface area contributed by atoms with Crippen molar-refractivity contribution in [2.45, 2.75) is 4.90 Å². The topological polar surface area (TPSA) is 88.4 Å². The van der Waals surface area contributed by atoms with E-state index in [0.717, 1.165) is 18.2 Å². The molecule has 3 aromatic rings. The van der Waals surface area contributed by atoms with E-state index in [1.165, 1.54) is 6.07 Å². The average Bonchev–Trinajstić information content (AvgIpc) is 2.98. The standard InChI is InChI=1S/C15H9Cl2FN2O4S/c16-9-1-4-13-8(5-9)6-14(24-13)15(21)19-20-25(22,23)10-2-3-12(18)11(17)7-10/h1-7,20H,(H,19,21). The minimum absolute atomic E-state index is 0.114. The summed E-state index contributed by atoms with van der Waals surface area (Å²) in [5, 5.41) is 0.698. The zero-order valence-corrected chi connectivity index (χ0v) is 14.5. The van der Waals surface area contributed by atoms with Crippen LogP contribution >= 0.6 is 23.2 Å². The van der Waals surface area contributed by atoms with Crippen molar-refractivity contribution in [1.29, 1.82) is 0 Å². The maximum Gasteiger partial charge on any atom is 0.301 e. The highest BCUT2D eigenvalue weighted by Gasteiger charge is 2.19. The van der Waals surface area contributed by atoms with Gasteiger partial charge in [0.15, 0.2) is 5.76 Å². The van der Waals surface area contributed by atoms with Gasteiger partial charge in [0.05, 0.1) is 9.92 Å². The lowest BCUT2D eigenvalue weighted by atomic mass is 10.2. The first-order chi connectivity index (χ1) is 11.8. The molecule has 0 aliphatic carbocycles. The van der Waals surface area contributed by atoms with Gasteiger partial charge in [-0.1, -0.05) is 23.2 Å². The highest BCUT2D eigenvalue weighted by atomic mass is 35.5. The number of sulfonamides is 1. The lowest BCUT2D eigenvalue weighted by molar-refractivity contribution is 0.0919. The molecule has 0 aliphatic rings. The molecule has 6 nitrogen and oxygen atoms in total. The first kappa shape index (κ1) is 17.7. The van der Waals surface area contributed by atoms with E-state index in [2.05, 4.69) is 0 Å². The van der Waals surface area contributed by atoms with Gasteiger partial charge in [-0.15, -0.1) is 4.83 Å². The number of hydrazine groups is 1. The number of rotatable bonds is 4. The number of nitrogens with one attached hydrogen (secondary N) is 2. The second-order valence-electron chi connectivity index (χ2n) is 4.93. The summed E-state index contributed by atoms with van der Waals surface area (Å²) >= 11 is 11.4. The van der Waals surface area contributed by atoms with E-state index in [4.69, 9.17) is 27.6 Å². The molecular weight excluding hydrogens is 394 g/mol. The van der Waals surface area contributed by atoms with Crippen molar-refractivity contribution in [3.05, 3.63) is 64.1 Å². The van der Waals surface area contributed by atoms with E-state index < -0.39 is 21.7 Å². The van der Waals surface area contributed by atoms with E-state index in [1.54, 1.807) is 18.2 Å². The zero-order chi connectivity index (χ0) is 18.2. The smallest absolute Gasteiger partial charge is 0.301 e. The maximum atomic E-state index is 13.1. The van der Waals surface area contributed by atoms with Crippen molar-refractivity contribution in [2.75, 3.05) is 0 Å². The van der Waals surface area contributed by atoms with E-state index >= 15 is 0 Å². The monoisotopic (exact) mass is 402 g/mol. The number of furan rings is 1. The molecule has 3 rings (SSSR count). The Hall–Kier alpha value is -2.13. The minimum atomic E-state index is -4.14. The third-order valence-electron chi connectivity index (χ3n) is 3.20. The molecule has 0 unspecified atom stereocenters. The van der Waals surface area contributed by atoms with Gasteiger partial charge in [0.1, 0.15) is 11.4 Å². The molecule has 130 valence electrons. The van der Waals surface area contributed by atoms with Crippen LogP contribution in [0.4, 0.5) is 4.39 Å². The zero-order valence-electron chi connectivity index (χ0n) is 12.2. The first-order valence-electron chi connectivity index (χ1n) is 6.72. The molecule has 0 spiro atoms. The molecule has 2 N–H and O–H groups in total. The van der Waals surface area contributed by atoms with Crippen molar-refractivity contribution in [3.8, 4) is 0 Å². The summed E-state index contributed by atoms with van der Waals surface area (Å²) in [6.45, 7) is 0. The third kappa shape index (κ3) is 3.77. The number of amides is 1. The Morgan fingerprint density at radius 1 is 1.08 bits per heavy atom. The van der Waals surface area contributed by atoms with Gasteiger partial charge < -0.3 is 4.42 Å². The molecule has 0 aliphatic heterocycles. The SMILES string of the molecule is O=C(NNS(=O)(=O)c1ccc(F)c(Cl)c1)c1cc2cc(Cl)ccc2o1. The van der Waals surface area contributed by atoms with Crippen molar-refractivity contribution in [1.82, 2.24) is 10.3 Å². The lowest BCUT2D eigenvalue weighted by Gasteiger charge is -2.07. The van der Waals surface area contributed by atoms with Gasteiger partial charge in [-0.25, -0.2) is 12.8 Å². The fraction of sp³-hybridized carbons (Fsp3) is 0. The molecule has 0 bridgehead atoms. The van der Waals surface area contributed by atoms with Crippen LogP contribution in [-0.4, -0.2) is 14.3 Å². The molecule has 0 saturated heterocycles. The van der Waals surface area contributed by atoms with E-state index in [1.807, 2.05) is 10.3 Å². The number of carbonyl (C=O) groups is 1. The molecule has 10 heteroatoms. The van der Waals surface area contributed by atoms with Crippen LogP contribution in [0.5, 0.6) is 0 Å². The Kier molecular flexibility index (Phi) is 4.70. The maximum absolute atomic E-state index is 13.1. The van der Waals surface area contributed by atoms with Crippen LogP contribution in [0.15, 0.2) is 51.8 Å². The van der Waals surface area contributed by atoms with Gasteiger partial charge in [-0.2, -0.15) is 0 Å². The van der Waals surface area contributed by atoms with Gasteiger partial charge in [0.25, 0.3) is 10.0 Å². The highest BCUT2D eigenvalue weighted by Crippen LogP contribution is 2.23. The summed E-state index contributed by atoms with van der Waals surface area (Å²) in [5.41, 5.74) is 2.43. The normalized spacial score (nSPS) is 11.6. The summed E-state index contributed by atoms with van der Waals surface area (Å²) < 4.78 is 42.6. The number of fused-ring (bicyclic) bond motifs is 1. The summed E-state index contributed by atoms with van der Waals surface area (Å²) in [5.74, 6) is -1.69. The van der Waals surface area contributed by atoms with Crippen LogP contribution in [0.25, 0.3) is 11.0 Å². The Balaban J connectivity index is 1.77. The Bertz CT molecular complexity index is 1080. The number of carbonyl (C=O) groups excluding carboxylic acids is 1. The predicted octanol–water partition coefficient (Wildman–Crippen LogP) is 3.50. The van der Waals surface area contributed by atoms with Crippen LogP contribution in [0.2, 0.25) is 10.0 Å². The lowest BCUT2D eigenvalue weighted by Crippen LogP contribution is -2.41. The largest absolute Gasteiger partial charge is 0.451 e. The average molecular weight is 403 g/mol. The van der Waals surface area contributed by atoms with Gasteiger partial charge in [0.2, 0.25) is 0 Å². The van der Waals surface area contributed by atoms with Crippen LogP contribution in [0, 0.1) is 5.82 Å². The molecule has 0 radical (unpaired) electrons. The van der Waals surface area contributed by atoms with Crippen molar-refractivity contribution in [3.63, 3.8) is 0 Å². The molecule has 1 heterocycles. The fourth-order valence-corrected chi connectivity index (χ4v) is 3.30. The van der Waals surface area contributed by atoms with Crippen molar-refractivity contribution < 1.29 is 22.0 Å². The summed E-state index contributed by atoms with van der Waals surface area (Å²) in [6.07, 6.45) is 0. The van der Waals surface area contributed by atoms with Crippen LogP contribution < -0.4 is 10.3 Å². The van der Waals surface area contributed by atoms with E-state index in [0.29, 0.717) is 16.0 Å². The van der Waals surface area contributed by atoms with Gasteiger partial charge >= 0.3 is 5.91 Å². The first-order valence-corrected chi connectivity index (χ1v) is 8.96. The Morgan fingerprint density at radius 3 is 2.56 bits per heavy atom. The molecule has 1 aromatic heterocycles. The quantitative estimate of drug-likeness (QED) is 0.653. The molecule has 0 atom stereocenters. The second-order valence-corrected chi connectivity index (χ2v) is 7.45. The summed E-state index contributed by atoms with van der Waals surface area (Å²) in [6, 6.07) is 9.03. The number of benzene rings is 2. The fourth-order valence-electron chi connectivity index (χ4n) is 2.00. The van der Waals surface area contributed by atoms with Crippen molar-refractivity contribution >= 4 is 50.1 Å². The Morgan fingerprint density at radius 2 is 1.84 bits per heavy atom. The number of hydrogen-bond acceptors (Lipinski definition) is 4. The molecule has 0 fully saturated rings. The van der Waals surface area contributed by atoms with Gasteiger partial charge in [-0.05, 0) is 42.5 Å². The molecule has 1 amide bonds. The molecule has 2 aromatic carbocycles. The minimum Gasteiger partial charge on any atom is -0.451 e. The van der Waals surface area contributed by atoms with Crippen LogP contribution in [0.3, 0.4) is 0 Å². The van der Waals surface area contributed by atoms with Gasteiger partial charge in [0, 0.05) is 10.4 Å². The predicted molar refractivity (Wildman–Crippen MR) is 90.4 cm³/mol. The van der Waals surface area contributed by atoms with E-state index in [9.17, 15) is 17.6 Å². The van der Waals surface area contributed by atoms with Gasteiger partial charge in [-0.3, -0.25) is 10.2 Å². The van der Waals surface area contributed by atoms with E-state index in [-0.39, 0.29) is 15.7 Å². The molecule has 25 heavy (non-hydrogen) atoms. The second kappa shape index (κ2) is 6.64. The number of halogens is 3. The number of hydrogen-bond donors (Lipinski definition) is 2. The van der Waals surface area contributed by atoms with Crippen molar-refractivity contribution in [2.24, 2.45) is 0 Å². The molecular formula is C15H9Cl2FN2O4S. The van der Waals surface area contributed by atoms with Crippen LogP contribution in [-0.2, 0) is 10.0 Å². The summed E-state index contributed by atoms with van der Waals surface area (Å²) in [4.78, 5) is 13.6. The molecule has 0 saturated carbocycles. The summed E-state index contributed by atoms with van der Waals surface area (Å²) in [7, 11) is -4.14.